The fourth-order valence-electron chi connectivity index (χ4n) is 1.70. The number of carbonyl (C=O) groups is 2. The van der Waals surface area contributed by atoms with Crippen molar-refractivity contribution in [2.24, 2.45) is 0 Å². The number of ether oxygens (including phenoxy) is 2. The zero-order valence-electron chi connectivity index (χ0n) is 10.5. The molecule has 1 aliphatic heterocycles. The molecule has 0 radical (unpaired) electrons. The quantitative estimate of drug-likeness (QED) is 0.449. The fourth-order valence-corrected chi connectivity index (χ4v) is 1.70. The van der Waals surface area contributed by atoms with Crippen molar-refractivity contribution >= 4 is 11.9 Å². The van der Waals surface area contributed by atoms with Gasteiger partial charge in [0.1, 0.15) is 12.1 Å². The van der Waals surface area contributed by atoms with E-state index in [0.717, 1.165) is 0 Å². The van der Waals surface area contributed by atoms with E-state index < -0.39 is 12.0 Å². The van der Waals surface area contributed by atoms with E-state index in [9.17, 15) is 9.59 Å². The molecule has 6 nitrogen and oxygen atoms in total. The molecule has 18 heavy (non-hydrogen) atoms. The van der Waals surface area contributed by atoms with Gasteiger partial charge in [-0.05, 0) is 26.7 Å². The lowest BCUT2D eigenvalue weighted by Crippen LogP contribution is -2.32. The average Bonchev–Trinajstić information content (AvgIpc) is 2.80. The molecule has 1 N–H and O–H groups in total. The monoisotopic (exact) mass is 252 g/mol. The maximum atomic E-state index is 11.5. The molecular weight excluding hydrogens is 236 g/mol. The van der Waals surface area contributed by atoms with Crippen molar-refractivity contribution in [1.29, 1.82) is 5.26 Å². The van der Waals surface area contributed by atoms with E-state index in [1.165, 1.54) is 0 Å². The Labute approximate surface area is 106 Å². The van der Waals surface area contributed by atoms with Crippen LogP contribution in [-0.2, 0) is 19.1 Å². The lowest BCUT2D eigenvalue weighted by molar-refractivity contribution is -0.145. The predicted molar refractivity (Wildman–Crippen MR) is 62.1 cm³/mol. The zero-order valence-corrected chi connectivity index (χ0v) is 10.5. The van der Waals surface area contributed by atoms with Crippen LogP contribution in [0.15, 0.2) is 11.3 Å². The largest absolute Gasteiger partial charge is 0.464 e. The van der Waals surface area contributed by atoms with Crippen LogP contribution in [0.4, 0.5) is 0 Å². The Kier molecular flexibility index (Phi) is 5.18. The Balaban J connectivity index is 2.76. The van der Waals surface area contributed by atoms with Crippen molar-refractivity contribution in [3.8, 4) is 6.07 Å². The first-order chi connectivity index (χ1) is 8.63. The minimum atomic E-state index is -0.660. The molecule has 1 unspecified atom stereocenters. The summed E-state index contributed by atoms with van der Waals surface area (Å²) in [6, 6.07) is 1.32. The normalized spacial score (nSPS) is 20.6. The molecule has 1 heterocycles. The molecule has 0 aromatic carbocycles. The highest BCUT2D eigenvalue weighted by atomic mass is 16.5. The molecular formula is C12H16N2O4. The molecule has 0 saturated carbocycles. The Bertz CT molecular complexity index is 409. The minimum Gasteiger partial charge on any atom is -0.464 e. The van der Waals surface area contributed by atoms with E-state index in [4.69, 9.17) is 14.7 Å². The zero-order chi connectivity index (χ0) is 13.5. The smallest absolute Gasteiger partial charge is 0.350 e. The molecule has 98 valence electrons. The Hall–Kier alpha value is -2.03. The van der Waals surface area contributed by atoms with E-state index in [1.807, 2.05) is 6.07 Å². The van der Waals surface area contributed by atoms with Gasteiger partial charge in [-0.3, -0.25) is 0 Å². The number of allylic oxidation sites excluding steroid dienone is 1. The van der Waals surface area contributed by atoms with Gasteiger partial charge in [0.05, 0.1) is 13.2 Å². The molecule has 0 spiro atoms. The van der Waals surface area contributed by atoms with Crippen molar-refractivity contribution in [3.05, 3.63) is 11.3 Å². The van der Waals surface area contributed by atoms with Gasteiger partial charge in [0.15, 0.2) is 5.57 Å². The van der Waals surface area contributed by atoms with Crippen molar-refractivity contribution in [2.45, 2.75) is 32.7 Å². The molecule has 1 saturated heterocycles. The summed E-state index contributed by atoms with van der Waals surface area (Å²) in [5, 5.41) is 11.8. The van der Waals surface area contributed by atoms with Gasteiger partial charge >= 0.3 is 11.9 Å². The standard InChI is InChI=1S/C12H16N2O4/c1-3-17-11(15)8(7-13)9-5-6-10(14-9)12(16)18-4-2/h10,14H,3-6H2,1-2H3/b9-8-. The summed E-state index contributed by atoms with van der Waals surface area (Å²) in [7, 11) is 0. The summed E-state index contributed by atoms with van der Waals surface area (Å²) in [6.45, 7) is 3.90. The Morgan fingerprint density at radius 2 is 2.06 bits per heavy atom. The molecule has 0 aromatic rings. The summed E-state index contributed by atoms with van der Waals surface area (Å²) >= 11 is 0. The lowest BCUT2D eigenvalue weighted by Gasteiger charge is -2.10. The molecule has 0 aromatic heterocycles. The van der Waals surface area contributed by atoms with Crippen LogP contribution < -0.4 is 5.32 Å². The molecule has 0 bridgehead atoms. The lowest BCUT2D eigenvalue weighted by atomic mass is 10.1. The average molecular weight is 252 g/mol. The van der Waals surface area contributed by atoms with Crippen LogP contribution in [0.5, 0.6) is 0 Å². The highest BCUT2D eigenvalue weighted by Crippen LogP contribution is 2.20. The first-order valence-corrected chi connectivity index (χ1v) is 5.87. The van der Waals surface area contributed by atoms with Gasteiger partial charge in [-0.2, -0.15) is 5.26 Å². The van der Waals surface area contributed by atoms with E-state index in [-0.39, 0.29) is 18.1 Å². The van der Waals surface area contributed by atoms with Gasteiger partial charge < -0.3 is 14.8 Å². The van der Waals surface area contributed by atoms with E-state index in [2.05, 4.69) is 5.32 Å². The maximum Gasteiger partial charge on any atom is 0.350 e. The summed E-state index contributed by atoms with van der Waals surface area (Å²) < 4.78 is 9.65. The third-order valence-electron chi connectivity index (χ3n) is 2.50. The second-order valence-electron chi connectivity index (χ2n) is 3.67. The second kappa shape index (κ2) is 6.64. The number of hydrogen-bond acceptors (Lipinski definition) is 6. The van der Waals surface area contributed by atoms with E-state index >= 15 is 0 Å². The molecule has 1 atom stereocenters. The van der Waals surface area contributed by atoms with Crippen molar-refractivity contribution in [1.82, 2.24) is 5.32 Å². The number of carbonyl (C=O) groups excluding carboxylic acids is 2. The summed E-state index contributed by atoms with van der Waals surface area (Å²) in [4.78, 5) is 23.0. The number of nitriles is 1. The molecule has 0 aliphatic carbocycles. The second-order valence-corrected chi connectivity index (χ2v) is 3.67. The first-order valence-electron chi connectivity index (χ1n) is 5.87. The molecule has 1 fully saturated rings. The van der Waals surface area contributed by atoms with Crippen LogP contribution >= 0.6 is 0 Å². The highest BCUT2D eigenvalue weighted by molar-refractivity contribution is 5.94. The Morgan fingerprint density at radius 1 is 1.39 bits per heavy atom. The number of nitrogens with one attached hydrogen (secondary N) is 1. The number of rotatable bonds is 4. The Morgan fingerprint density at radius 3 is 2.61 bits per heavy atom. The van der Waals surface area contributed by atoms with Crippen LogP contribution in [0.3, 0.4) is 0 Å². The topological polar surface area (TPSA) is 88.4 Å². The fraction of sp³-hybridized carbons (Fsp3) is 0.583. The minimum absolute atomic E-state index is 0.0661. The molecule has 6 heteroatoms. The molecule has 1 aliphatic rings. The van der Waals surface area contributed by atoms with E-state index in [0.29, 0.717) is 25.1 Å². The maximum absolute atomic E-state index is 11.5. The van der Waals surface area contributed by atoms with Gasteiger partial charge in [0.25, 0.3) is 0 Å². The first kappa shape index (κ1) is 14.0. The summed E-state index contributed by atoms with van der Waals surface area (Å²) in [5.74, 6) is -1.03. The van der Waals surface area contributed by atoms with Gasteiger partial charge in [0, 0.05) is 5.70 Å². The van der Waals surface area contributed by atoms with Crippen molar-refractivity contribution in [2.75, 3.05) is 13.2 Å². The predicted octanol–water partition coefficient (Wildman–Crippen LogP) is 0.642. The van der Waals surface area contributed by atoms with Crippen LogP contribution in [0.2, 0.25) is 0 Å². The van der Waals surface area contributed by atoms with Gasteiger partial charge in [-0.15, -0.1) is 0 Å². The van der Waals surface area contributed by atoms with Crippen LogP contribution in [0.25, 0.3) is 0 Å². The van der Waals surface area contributed by atoms with Gasteiger partial charge in [-0.25, -0.2) is 9.59 Å². The molecule has 1 rings (SSSR count). The molecule has 0 amide bonds. The highest BCUT2D eigenvalue weighted by Gasteiger charge is 2.30. The van der Waals surface area contributed by atoms with Crippen molar-refractivity contribution in [3.63, 3.8) is 0 Å². The third-order valence-corrected chi connectivity index (χ3v) is 2.50. The van der Waals surface area contributed by atoms with Crippen LogP contribution in [0, 0.1) is 11.3 Å². The van der Waals surface area contributed by atoms with Crippen molar-refractivity contribution < 1.29 is 19.1 Å². The third kappa shape index (κ3) is 3.23. The van der Waals surface area contributed by atoms with Crippen LogP contribution in [-0.4, -0.2) is 31.2 Å². The number of esters is 2. The number of hydrogen-bond donors (Lipinski definition) is 1. The van der Waals surface area contributed by atoms with Crippen LogP contribution in [0.1, 0.15) is 26.7 Å². The number of nitrogens with zero attached hydrogens (tertiary/aromatic N) is 1. The van der Waals surface area contributed by atoms with Gasteiger partial charge in [0.2, 0.25) is 0 Å². The summed E-state index contributed by atoms with van der Waals surface area (Å²) in [5.41, 5.74) is 0.387. The van der Waals surface area contributed by atoms with E-state index in [1.54, 1.807) is 13.8 Å². The summed E-state index contributed by atoms with van der Waals surface area (Å²) in [6.07, 6.45) is 0.976. The van der Waals surface area contributed by atoms with Gasteiger partial charge in [-0.1, -0.05) is 0 Å². The SMILES string of the molecule is CCOC(=O)/C(C#N)=C1/CCC(C(=O)OCC)N1.